The van der Waals surface area contributed by atoms with Crippen molar-refractivity contribution in [2.45, 2.75) is 64.0 Å². The van der Waals surface area contributed by atoms with Gasteiger partial charge in [0.05, 0.1) is 23.8 Å². The zero-order valence-corrected chi connectivity index (χ0v) is 19.0. The second-order valence-electron chi connectivity index (χ2n) is 9.53. The quantitative estimate of drug-likeness (QED) is 0.645. The predicted molar refractivity (Wildman–Crippen MR) is 116 cm³/mol. The van der Waals surface area contributed by atoms with E-state index in [0.29, 0.717) is 18.9 Å². The molecule has 1 fully saturated rings. The van der Waals surface area contributed by atoms with E-state index in [9.17, 15) is 18.4 Å². The molecule has 0 radical (unpaired) electrons. The second kappa shape index (κ2) is 8.29. The molecule has 1 aromatic heterocycles. The van der Waals surface area contributed by atoms with E-state index in [1.165, 1.54) is 11.9 Å². The van der Waals surface area contributed by atoms with Crippen molar-refractivity contribution in [2.75, 3.05) is 12.8 Å². The number of fused-ring (bicyclic) bond motifs is 1. The third-order valence-electron chi connectivity index (χ3n) is 6.04. The molecule has 1 saturated heterocycles. The fourth-order valence-corrected chi connectivity index (χ4v) is 4.59. The van der Waals surface area contributed by atoms with E-state index in [2.05, 4.69) is 15.5 Å². The Kier molecular flexibility index (Phi) is 5.77. The number of ether oxygens (including phenoxy) is 1. The van der Waals surface area contributed by atoms with Crippen molar-refractivity contribution in [3.8, 4) is 0 Å². The Morgan fingerprint density at radius 3 is 2.70 bits per heavy atom. The lowest BCUT2D eigenvalue weighted by atomic mass is 9.87. The molecule has 2 amide bonds. The first-order valence-electron chi connectivity index (χ1n) is 10.7. The number of nitrogens with zero attached hydrogens (tertiary/aromatic N) is 3. The van der Waals surface area contributed by atoms with Crippen molar-refractivity contribution in [1.82, 2.24) is 25.3 Å². The highest BCUT2D eigenvalue weighted by Gasteiger charge is 2.46. The summed E-state index contributed by atoms with van der Waals surface area (Å²) in [5.74, 6) is -1.17. The first-order chi connectivity index (χ1) is 15.4. The molecule has 4 rings (SSSR count). The number of carbonyl (C=O) groups excluding carboxylic acids is 2. The summed E-state index contributed by atoms with van der Waals surface area (Å²) in [6, 6.07) is 0.841. The molecular weight excluding hydrogens is 434 g/mol. The van der Waals surface area contributed by atoms with Crippen LogP contribution in [0.2, 0.25) is 0 Å². The molecule has 2 aliphatic heterocycles. The number of hydrogen-bond donors (Lipinski definition) is 3. The molecule has 33 heavy (non-hydrogen) atoms. The molecule has 178 valence electrons. The fraction of sp³-hybridized carbons (Fsp3) is 0.500. The Balaban J connectivity index is 1.65. The highest BCUT2D eigenvalue weighted by Crippen LogP contribution is 2.37. The van der Waals surface area contributed by atoms with Crippen molar-refractivity contribution in [3.63, 3.8) is 0 Å². The van der Waals surface area contributed by atoms with E-state index in [1.807, 2.05) is 4.90 Å². The number of H-pyrrole nitrogens is 1. The number of piperidine rings is 1. The fourth-order valence-electron chi connectivity index (χ4n) is 4.59. The van der Waals surface area contributed by atoms with Gasteiger partial charge in [-0.1, -0.05) is 0 Å². The number of rotatable bonds is 3. The summed E-state index contributed by atoms with van der Waals surface area (Å²) in [7, 11) is 1.53. The summed E-state index contributed by atoms with van der Waals surface area (Å²) < 4.78 is 34.1. The van der Waals surface area contributed by atoms with Crippen LogP contribution in [0, 0.1) is 11.6 Å². The van der Waals surface area contributed by atoms with E-state index in [-0.39, 0.29) is 17.9 Å². The SMILES string of the molecule is CN1C(=O)[C@@H](N2Cc3[nH]nc(N)c3C2)C[C@H](NC(=O)OC(C)(C)C)[C@H]1c1cc(F)ccc1F. The number of nitrogens with one attached hydrogen (secondary N) is 2. The molecule has 0 unspecified atom stereocenters. The van der Waals surface area contributed by atoms with Crippen LogP contribution in [0.3, 0.4) is 0 Å². The van der Waals surface area contributed by atoms with Crippen LogP contribution >= 0.6 is 0 Å². The van der Waals surface area contributed by atoms with Crippen LogP contribution < -0.4 is 11.1 Å². The van der Waals surface area contributed by atoms with Gasteiger partial charge < -0.3 is 20.7 Å². The molecule has 0 aliphatic carbocycles. The number of carbonyl (C=O) groups is 2. The van der Waals surface area contributed by atoms with Gasteiger partial charge in [0.1, 0.15) is 23.1 Å². The summed E-state index contributed by atoms with van der Waals surface area (Å²) >= 11 is 0. The highest BCUT2D eigenvalue weighted by atomic mass is 19.1. The Hall–Kier alpha value is -3.21. The zero-order chi connectivity index (χ0) is 24.1. The van der Waals surface area contributed by atoms with Gasteiger partial charge in [-0.25, -0.2) is 13.6 Å². The van der Waals surface area contributed by atoms with Crippen molar-refractivity contribution < 1.29 is 23.1 Å². The number of likely N-dealkylation sites (N-methyl/N-ethyl adjacent to an activating group) is 1. The summed E-state index contributed by atoms with van der Waals surface area (Å²) in [5, 5.41) is 9.65. The van der Waals surface area contributed by atoms with E-state index >= 15 is 0 Å². The molecular formula is C22H28F2N6O3. The maximum atomic E-state index is 14.7. The molecule has 2 aromatic rings. The lowest BCUT2D eigenvalue weighted by molar-refractivity contribution is -0.144. The van der Waals surface area contributed by atoms with Gasteiger partial charge in [0.15, 0.2) is 0 Å². The van der Waals surface area contributed by atoms with Gasteiger partial charge in [-0.05, 0) is 45.4 Å². The maximum absolute atomic E-state index is 14.7. The lowest BCUT2D eigenvalue weighted by Crippen LogP contribution is -2.60. The number of nitrogens with two attached hydrogens (primary N) is 1. The van der Waals surface area contributed by atoms with Gasteiger partial charge in [0, 0.05) is 31.3 Å². The summed E-state index contributed by atoms with van der Waals surface area (Å²) in [6.45, 7) is 6.03. The number of nitrogen functional groups attached to an aromatic ring is 1. The summed E-state index contributed by atoms with van der Waals surface area (Å²) in [5.41, 5.74) is 6.82. The lowest BCUT2D eigenvalue weighted by Gasteiger charge is -2.45. The van der Waals surface area contributed by atoms with Gasteiger partial charge in [0.25, 0.3) is 0 Å². The second-order valence-corrected chi connectivity index (χ2v) is 9.53. The summed E-state index contributed by atoms with van der Waals surface area (Å²) in [4.78, 5) is 29.3. The zero-order valence-electron chi connectivity index (χ0n) is 19.0. The largest absolute Gasteiger partial charge is 0.444 e. The number of hydrogen-bond acceptors (Lipinski definition) is 6. The molecule has 4 N–H and O–H groups in total. The van der Waals surface area contributed by atoms with Crippen molar-refractivity contribution in [2.24, 2.45) is 0 Å². The van der Waals surface area contributed by atoms with E-state index in [4.69, 9.17) is 10.5 Å². The number of anilines is 1. The number of halogens is 2. The Morgan fingerprint density at radius 1 is 1.30 bits per heavy atom. The third kappa shape index (κ3) is 4.50. The standard InChI is InChI=1S/C22H28F2N6O3/c1-22(2,3)33-21(32)26-15-8-17(30-9-13-16(10-30)27-28-19(13)25)20(31)29(4)18(15)12-7-11(23)5-6-14(12)24/h5-7,15,17-18H,8-10H2,1-4H3,(H,26,32)(H3,25,27,28)/t15-,17-,18+/m0/s1. The topological polar surface area (TPSA) is 117 Å². The Bertz CT molecular complexity index is 1080. The van der Waals surface area contributed by atoms with Crippen LogP contribution in [0.5, 0.6) is 0 Å². The van der Waals surface area contributed by atoms with Gasteiger partial charge in [-0.3, -0.25) is 14.8 Å². The van der Waals surface area contributed by atoms with Crippen LogP contribution in [-0.2, 0) is 22.6 Å². The Morgan fingerprint density at radius 2 is 2.03 bits per heavy atom. The minimum absolute atomic E-state index is 0.00885. The molecule has 0 bridgehead atoms. The van der Waals surface area contributed by atoms with Crippen molar-refractivity contribution >= 4 is 17.8 Å². The van der Waals surface area contributed by atoms with E-state index in [1.54, 1.807) is 20.8 Å². The average Bonchev–Trinajstić information content (AvgIpc) is 3.27. The highest BCUT2D eigenvalue weighted by molar-refractivity contribution is 5.84. The minimum Gasteiger partial charge on any atom is -0.444 e. The van der Waals surface area contributed by atoms with E-state index in [0.717, 1.165) is 29.5 Å². The number of aromatic nitrogens is 2. The normalized spacial score (nSPS) is 23.5. The van der Waals surface area contributed by atoms with E-state index < -0.39 is 41.5 Å². The maximum Gasteiger partial charge on any atom is 0.407 e. The summed E-state index contributed by atoms with van der Waals surface area (Å²) in [6.07, 6.45) is -0.517. The van der Waals surface area contributed by atoms with Gasteiger partial charge >= 0.3 is 6.09 Å². The number of alkyl carbamates (subject to hydrolysis) is 1. The molecule has 9 nitrogen and oxygen atoms in total. The van der Waals surface area contributed by atoms with Crippen molar-refractivity contribution in [1.29, 1.82) is 0 Å². The van der Waals surface area contributed by atoms with Crippen LogP contribution in [-0.4, -0.2) is 56.7 Å². The van der Waals surface area contributed by atoms with Crippen LogP contribution in [0.4, 0.5) is 19.4 Å². The number of likely N-dealkylation sites (tertiary alicyclic amines) is 1. The van der Waals surface area contributed by atoms with Crippen molar-refractivity contribution in [3.05, 3.63) is 46.7 Å². The monoisotopic (exact) mass is 462 g/mol. The minimum atomic E-state index is -0.913. The molecule has 2 aliphatic rings. The predicted octanol–water partition coefficient (Wildman–Crippen LogP) is 2.45. The number of amides is 2. The molecule has 3 atom stereocenters. The smallest absolute Gasteiger partial charge is 0.407 e. The molecule has 11 heteroatoms. The molecule has 3 heterocycles. The number of aromatic amines is 1. The van der Waals surface area contributed by atoms with Crippen LogP contribution in [0.25, 0.3) is 0 Å². The first-order valence-corrected chi connectivity index (χ1v) is 10.7. The molecule has 1 aromatic carbocycles. The first kappa shape index (κ1) is 23.0. The van der Waals surface area contributed by atoms with Gasteiger partial charge in [-0.15, -0.1) is 0 Å². The van der Waals surface area contributed by atoms with Gasteiger partial charge in [0.2, 0.25) is 5.91 Å². The van der Waals surface area contributed by atoms with Gasteiger partial charge in [-0.2, -0.15) is 5.10 Å². The number of benzene rings is 1. The Labute approximate surface area is 190 Å². The molecule has 0 saturated carbocycles. The van der Waals surface area contributed by atoms with Crippen LogP contribution in [0.1, 0.15) is 50.1 Å². The van der Waals surface area contributed by atoms with Crippen LogP contribution in [0.15, 0.2) is 18.2 Å². The average molecular weight is 463 g/mol. The third-order valence-corrected chi connectivity index (χ3v) is 6.04. The molecule has 0 spiro atoms.